The fourth-order valence-electron chi connectivity index (χ4n) is 3.22. The maximum absolute atomic E-state index is 12.9. The molecule has 0 radical (unpaired) electrons. The van der Waals surface area contributed by atoms with Crippen molar-refractivity contribution in [2.24, 2.45) is 0 Å². The number of sulfone groups is 1. The number of rotatable bonds is 7. The van der Waals surface area contributed by atoms with E-state index in [-0.39, 0.29) is 30.0 Å². The number of ether oxygens (including phenoxy) is 2. The first-order valence-corrected chi connectivity index (χ1v) is 10.7. The zero-order chi connectivity index (χ0) is 20.1. The van der Waals surface area contributed by atoms with Gasteiger partial charge in [-0.25, -0.2) is 8.42 Å². The zero-order valence-electron chi connectivity index (χ0n) is 15.8. The summed E-state index contributed by atoms with van der Waals surface area (Å²) in [5.74, 6) is 1.49. The smallest absolute Gasteiger partial charge is 0.247 e. The Balaban J connectivity index is 1.85. The Morgan fingerprint density at radius 1 is 1.25 bits per heavy atom. The summed E-state index contributed by atoms with van der Waals surface area (Å²) in [4.78, 5) is 14.5. The molecule has 1 fully saturated rings. The lowest BCUT2D eigenvalue weighted by atomic mass is 10.1. The molecule has 1 aromatic carbocycles. The molecule has 0 saturated carbocycles. The molecule has 1 aliphatic heterocycles. The molecule has 3 rings (SSSR count). The first-order valence-electron chi connectivity index (χ1n) is 8.85. The van der Waals surface area contributed by atoms with E-state index in [9.17, 15) is 13.2 Å². The van der Waals surface area contributed by atoms with E-state index in [1.165, 1.54) is 12.3 Å². The molecular formula is C20H23NO6S. The van der Waals surface area contributed by atoms with Gasteiger partial charge in [0, 0.05) is 18.7 Å². The van der Waals surface area contributed by atoms with E-state index in [1.54, 1.807) is 49.5 Å². The van der Waals surface area contributed by atoms with Gasteiger partial charge in [-0.2, -0.15) is 0 Å². The van der Waals surface area contributed by atoms with Gasteiger partial charge in [-0.3, -0.25) is 4.79 Å². The number of amides is 1. The summed E-state index contributed by atoms with van der Waals surface area (Å²) < 4.78 is 39.7. The van der Waals surface area contributed by atoms with Gasteiger partial charge in [0.2, 0.25) is 5.91 Å². The zero-order valence-corrected chi connectivity index (χ0v) is 16.6. The van der Waals surface area contributed by atoms with E-state index >= 15 is 0 Å². The van der Waals surface area contributed by atoms with E-state index in [0.29, 0.717) is 23.7 Å². The van der Waals surface area contributed by atoms with Crippen molar-refractivity contribution in [1.29, 1.82) is 0 Å². The second kappa shape index (κ2) is 8.52. The number of benzene rings is 1. The standard InChI is InChI=1S/C20H23NO6S/c1-25-18-7-5-15(12-19(18)26-2)13-21(16-9-11-28(23,24)14-16)20(22)8-6-17-4-3-10-27-17/h3-8,10,12,16H,9,11,13-14H2,1-2H3/b8-6+/t16-/m1/s1. The highest BCUT2D eigenvalue weighted by Gasteiger charge is 2.34. The minimum atomic E-state index is -3.13. The van der Waals surface area contributed by atoms with Crippen LogP contribution in [0.2, 0.25) is 0 Å². The van der Waals surface area contributed by atoms with Crippen molar-refractivity contribution in [3.8, 4) is 11.5 Å². The molecule has 150 valence electrons. The summed E-state index contributed by atoms with van der Waals surface area (Å²) in [6.07, 6.45) is 4.93. The van der Waals surface area contributed by atoms with Gasteiger partial charge in [-0.15, -0.1) is 0 Å². The van der Waals surface area contributed by atoms with Gasteiger partial charge in [0.05, 0.1) is 32.0 Å². The Bertz CT molecular complexity index is 949. The first-order chi connectivity index (χ1) is 13.4. The molecule has 8 heteroatoms. The quantitative estimate of drug-likeness (QED) is 0.658. The van der Waals surface area contributed by atoms with Crippen molar-refractivity contribution >= 4 is 21.8 Å². The van der Waals surface area contributed by atoms with Crippen molar-refractivity contribution in [3.63, 3.8) is 0 Å². The highest BCUT2D eigenvalue weighted by atomic mass is 32.2. The highest BCUT2D eigenvalue weighted by molar-refractivity contribution is 7.91. The summed E-state index contributed by atoms with van der Waals surface area (Å²) in [7, 11) is -0.0355. The molecule has 7 nitrogen and oxygen atoms in total. The monoisotopic (exact) mass is 405 g/mol. The van der Waals surface area contributed by atoms with E-state index in [4.69, 9.17) is 13.9 Å². The van der Waals surface area contributed by atoms with Crippen molar-refractivity contribution in [1.82, 2.24) is 4.90 Å². The van der Waals surface area contributed by atoms with E-state index in [2.05, 4.69) is 0 Å². The number of carbonyl (C=O) groups is 1. The van der Waals surface area contributed by atoms with Crippen LogP contribution in [0.3, 0.4) is 0 Å². The van der Waals surface area contributed by atoms with Gasteiger partial charge in [0.1, 0.15) is 5.76 Å². The number of furan rings is 1. The summed E-state index contributed by atoms with van der Waals surface area (Å²) in [5.41, 5.74) is 0.821. The average molecular weight is 405 g/mol. The van der Waals surface area contributed by atoms with Crippen molar-refractivity contribution in [2.75, 3.05) is 25.7 Å². The molecule has 0 N–H and O–H groups in total. The second-order valence-corrected chi connectivity index (χ2v) is 8.79. The topological polar surface area (TPSA) is 86.0 Å². The molecule has 1 aromatic heterocycles. The van der Waals surface area contributed by atoms with Crippen LogP contribution < -0.4 is 9.47 Å². The maximum atomic E-state index is 12.9. The Labute approximate surface area is 164 Å². The van der Waals surface area contributed by atoms with Crippen LogP contribution in [-0.2, 0) is 21.2 Å². The maximum Gasteiger partial charge on any atom is 0.247 e. The van der Waals surface area contributed by atoms with Crippen LogP contribution in [0.15, 0.2) is 47.1 Å². The molecule has 1 aliphatic rings. The van der Waals surface area contributed by atoms with Crippen LogP contribution >= 0.6 is 0 Å². The van der Waals surface area contributed by atoms with Gasteiger partial charge in [0.15, 0.2) is 21.3 Å². The Morgan fingerprint density at radius 3 is 2.64 bits per heavy atom. The highest BCUT2D eigenvalue weighted by Crippen LogP contribution is 2.29. The van der Waals surface area contributed by atoms with Crippen LogP contribution in [-0.4, -0.2) is 51.0 Å². The fraction of sp³-hybridized carbons (Fsp3) is 0.350. The van der Waals surface area contributed by atoms with Crippen molar-refractivity contribution in [3.05, 3.63) is 54.0 Å². The van der Waals surface area contributed by atoms with E-state index in [0.717, 1.165) is 5.56 Å². The predicted molar refractivity (Wildman–Crippen MR) is 105 cm³/mol. The number of nitrogens with zero attached hydrogens (tertiary/aromatic N) is 1. The third-order valence-corrected chi connectivity index (χ3v) is 6.42. The fourth-order valence-corrected chi connectivity index (χ4v) is 4.95. The largest absolute Gasteiger partial charge is 0.493 e. The van der Waals surface area contributed by atoms with Gasteiger partial charge >= 0.3 is 0 Å². The lowest BCUT2D eigenvalue weighted by molar-refractivity contribution is -0.128. The molecule has 0 unspecified atom stereocenters. The Kier molecular flexibility index (Phi) is 6.08. The third-order valence-electron chi connectivity index (χ3n) is 4.67. The van der Waals surface area contributed by atoms with Crippen LogP contribution in [0.4, 0.5) is 0 Å². The minimum Gasteiger partial charge on any atom is -0.493 e. The van der Waals surface area contributed by atoms with Crippen LogP contribution in [0.25, 0.3) is 6.08 Å². The lowest BCUT2D eigenvalue weighted by Gasteiger charge is -2.27. The Hall–Kier alpha value is -2.74. The molecule has 28 heavy (non-hydrogen) atoms. The van der Waals surface area contributed by atoms with Gasteiger partial charge in [-0.1, -0.05) is 6.07 Å². The molecule has 0 aliphatic carbocycles. The molecule has 0 bridgehead atoms. The Morgan fingerprint density at radius 2 is 2.04 bits per heavy atom. The number of methoxy groups -OCH3 is 2. The molecule has 0 spiro atoms. The normalized spacial score (nSPS) is 18.3. The average Bonchev–Trinajstić information content (AvgIpc) is 3.33. The number of hydrogen-bond donors (Lipinski definition) is 0. The molecule has 1 atom stereocenters. The van der Waals surface area contributed by atoms with Crippen molar-refractivity contribution in [2.45, 2.75) is 19.0 Å². The lowest BCUT2D eigenvalue weighted by Crippen LogP contribution is -2.39. The number of carbonyl (C=O) groups excluding carboxylic acids is 1. The predicted octanol–water partition coefficient (Wildman–Crippen LogP) is 2.53. The van der Waals surface area contributed by atoms with Crippen molar-refractivity contribution < 1.29 is 27.1 Å². The molecule has 2 heterocycles. The van der Waals surface area contributed by atoms with Crippen LogP contribution in [0, 0.1) is 0 Å². The number of hydrogen-bond acceptors (Lipinski definition) is 6. The van der Waals surface area contributed by atoms with Gasteiger partial charge in [-0.05, 0) is 42.3 Å². The summed E-state index contributed by atoms with van der Waals surface area (Å²) in [6, 6.07) is 8.49. The van der Waals surface area contributed by atoms with Crippen LogP contribution in [0.5, 0.6) is 11.5 Å². The van der Waals surface area contributed by atoms with Gasteiger partial charge in [0.25, 0.3) is 0 Å². The SMILES string of the molecule is COc1ccc(CN(C(=O)/C=C/c2ccco2)[C@@H]2CCS(=O)(=O)C2)cc1OC. The summed E-state index contributed by atoms with van der Waals surface area (Å²) in [6.45, 7) is 0.266. The molecular weight excluding hydrogens is 382 g/mol. The molecule has 2 aromatic rings. The molecule has 1 saturated heterocycles. The minimum absolute atomic E-state index is 0.0272. The molecule has 1 amide bonds. The first kappa shape index (κ1) is 20.0. The van der Waals surface area contributed by atoms with E-state index < -0.39 is 9.84 Å². The van der Waals surface area contributed by atoms with Gasteiger partial charge < -0.3 is 18.8 Å². The second-order valence-electron chi connectivity index (χ2n) is 6.56. The van der Waals surface area contributed by atoms with E-state index in [1.807, 2.05) is 6.07 Å². The van der Waals surface area contributed by atoms with Crippen LogP contribution in [0.1, 0.15) is 17.7 Å². The summed E-state index contributed by atoms with van der Waals surface area (Å²) >= 11 is 0. The summed E-state index contributed by atoms with van der Waals surface area (Å²) in [5, 5.41) is 0. The third kappa shape index (κ3) is 4.75.